The topological polar surface area (TPSA) is 53.1 Å². The molecular weight excluding hydrogens is 571 g/mol. The number of rotatable bonds is 5. The van der Waals surface area contributed by atoms with Crippen LogP contribution in [0.5, 0.6) is 0 Å². The minimum Gasteiger partial charge on any atom is -0.444 e. The van der Waals surface area contributed by atoms with Gasteiger partial charge in [0.15, 0.2) is 0 Å². The Balaban J connectivity index is 2.11. The fourth-order valence-corrected chi connectivity index (χ4v) is 4.59. The highest BCUT2D eigenvalue weighted by molar-refractivity contribution is 5.93. The van der Waals surface area contributed by atoms with Gasteiger partial charge in [-0.15, -0.1) is 6.58 Å². The molecule has 1 saturated heterocycles. The molecule has 1 fully saturated rings. The molecule has 0 aliphatic carbocycles. The number of carbonyl (C=O) groups excluding carboxylic acids is 2. The number of amides is 3. The van der Waals surface area contributed by atoms with Crippen LogP contribution in [0.3, 0.4) is 0 Å². The predicted molar refractivity (Wildman–Crippen MR) is 142 cm³/mol. The van der Waals surface area contributed by atoms with E-state index in [2.05, 4.69) is 6.58 Å². The summed E-state index contributed by atoms with van der Waals surface area (Å²) >= 11 is 0. The first-order chi connectivity index (χ1) is 19.3. The van der Waals surface area contributed by atoms with Crippen molar-refractivity contribution in [3.8, 4) is 0 Å². The molecule has 0 saturated carbocycles. The average Bonchev–Trinajstić information content (AvgIpc) is 2.86. The first-order valence-electron chi connectivity index (χ1n) is 13.0. The summed E-state index contributed by atoms with van der Waals surface area (Å²) in [5, 5.41) is 0. The van der Waals surface area contributed by atoms with E-state index in [9.17, 15) is 40.3 Å². The van der Waals surface area contributed by atoms with E-state index in [0.29, 0.717) is 23.3 Å². The molecule has 42 heavy (non-hydrogen) atoms. The number of anilines is 1. The average molecular weight is 604 g/mol. The fraction of sp³-hybridized carbons (Fsp3) is 0.448. The Morgan fingerprint density at radius 2 is 1.60 bits per heavy atom. The number of hydrogen-bond donors (Lipinski definition) is 0. The van der Waals surface area contributed by atoms with Gasteiger partial charge in [0.2, 0.25) is 0 Å². The van der Waals surface area contributed by atoms with Crippen molar-refractivity contribution in [3.05, 3.63) is 77.1 Å². The van der Waals surface area contributed by atoms with E-state index in [1.807, 2.05) is 0 Å². The molecule has 3 rings (SSSR count). The molecule has 2 aromatic carbocycles. The molecule has 3 amide bonds. The molecule has 2 aromatic rings. The third kappa shape index (κ3) is 7.95. The summed E-state index contributed by atoms with van der Waals surface area (Å²) in [6.45, 7) is 9.62. The molecule has 1 aliphatic heterocycles. The first-order valence-corrected chi connectivity index (χ1v) is 13.0. The number of nitrogens with zero attached hydrogens (tertiary/aromatic N) is 3. The molecule has 1 heterocycles. The van der Waals surface area contributed by atoms with Crippen LogP contribution in [0, 0.1) is 12.7 Å². The molecular formula is C29H32F7N3O3. The monoisotopic (exact) mass is 603 g/mol. The van der Waals surface area contributed by atoms with Gasteiger partial charge in [0, 0.05) is 31.9 Å². The van der Waals surface area contributed by atoms with Gasteiger partial charge >= 0.3 is 24.5 Å². The standard InChI is InChI=1S/C29H32F7N3O3/c1-6-7-10-38(22-15-19(28(31,32)33)14-20(16-22)29(34,35)36)25(40)39-12-11-37(26(41)42-27(3,4)5)17-24(39)23-9-8-21(30)13-18(23)2/h6,8-9,13-16,24H,1,7,10-12,17H2,2-5H3/t24-/m1/s1. The van der Waals surface area contributed by atoms with Gasteiger partial charge in [0.25, 0.3) is 0 Å². The summed E-state index contributed by atoms with van der Waals surface area (Å²) < 4.78 is 101. The van der Waals surface area contributed by atoms with Crippen molar-refractivity contribution >= 4 is 17.8 Å². The Labute approximate surface area is 239 Å². The van der Waals surface area contributed by atoms with Crippen molar-refractivity contribution in [1.29, 1.82) is 0 Å². The number of piperazine rings is 1. The maximum absolute atomic E-state index is 14.0. The second kappa shape index (κ2) is 12.2. The van der Waals surface area contributed by atoms with E-state index in [0.717, 1.165) is 11.0 Å². The van der Waals surface area contributed by atoms with Crippen molar-refractivity contribution in [2.75, 3.05) is 31.1 Å². The number of urea groups is 1. The van der Waals surface area contributed by atoms with E-state index in [1.54, 1.807) is 27.7 Å². The van der Waals surface area contributed by atoms with E-state index in [-0.39, 0.29) is 38.7 Å². The zero-order valence-corrected chi connectivity index (χ0v) is 23.6. The van der Waals surface area contributed by atoms with Crippen LogP contribution in [0.15, 0.2) is 49.1 Å². The Hall–Kier alpha value is -3.77. The molecule has 6 nitrogen and oxygen atoms in total. The zero-order chi connectivity index (χ0) is 31.6. The molecule has 1 atom stereocenters. The summed E-state index contributed by atoms with van der Waals surface area (Å²) in [5.74, 6) is -0.551. The van der Waals surface area contributed by atoms with Crippen LogP contribution in [0.25, 0.3) is 0 Å². The quantitative estimate of drug-likeness (QED) is 0.257. The number of benzene rings is 2. The molecule has 1 aliphatic rings. The molecule has 0 radical (unpaired) electrons. The van der Waals surface area contributed by atoms with Crippen molar-refractivity contribution in [2.24, 2.45) is 0 Å². The second-order valence-electron chi connectivity index (χ2n) is 10.9. The lowest BCUT2D eigenvalue weighted by molar-refractivity contribution is -0.143. The van der Waals surface area contributed by atoms with Crippen LogP contribution in [0.1, 0.15) is 55.5 Å². The Kier molecular flexibility index (Phi) is 9.53. The van der Waals surface area contributed by atoms with Crippen LogP contribution < -0.4 is 4.90 Å². The van der Waals surface area contributed by atoms with E-state index in [1.165, 1.54) is 28.0 Å². The number of alkyl halides is 6. The molecule has 0 spiro atoms. The van der Waals surface area contributed by atoms with Gasteiger partial charge in [-0.05, 0) is 75.6 Å². The van der Waals surface area contributed by atoms with Crippen LogP contribution in [0.4, 0.5) is 46.0 Å². The van der Waals surface area contributed by atoms with Crippen molar-refractivity contribution in [2.45, 2.75) is 58.1 Å². The highest BCUT2D eigenvalue weighted by Gasteiger charge is 2.41. The van der Waals surface area contributed by atoms with Crippen molar-refractivity contribution in [3.63, 3.8) is 0 Å². The van der Waals surface area contributed by atoms with Crippen LogP contribution in [-0.2, 0) is 17.1 Å². The third-order valence-corrected chi connectivity index (χ3v) is 6.54. The molecule has 0 unspecified atom stereocenters. The van der Waals surface area contributed by atoms with Crippen LogP contribution in [-0.4, -0.2) is 53.7 Å². The van der Waals surface area contributed by atoms with E-state index in [4.69, 9.17) is 4.74 Å². The van der Waals surface area contributed by atoms with Gasteiger partial charge in [-0.2, -0.15) is 26.3 Å². The zero-order valence-electron chi connectivity index (χ0n) is 23.6. The van der Waals surface area contributed by atoms with Gasteiger partial charge in [-0.25, -0.2) is 14.0 Å². The SMILES string of the molecule is C=CCCN(C(=O)N1CCN(C(=O)OC(C)(C)C)C[C@@H]1c1ccc(F)cc1C)c1cc(C(F)(F)F)cc(C(F)(F)F)c1. The highest BCUT2D eigenvalue weighted by Crippen LogP contribution is 2.39. The summed E-state index contributed by atoms with van der Waals surface area (Å²) in [6.07, 6.45) is -9.47. The maximum atomic E-state index is 14.0. The van der Waals surface area contributed by atoms with E-state index >= 15 is 0 Å². The minimum atomic E-state index is -5.12. The lowest BCUT2D eigenvalue weighted by Crippen LogP contribution is -2.56. The van der Waals surface area contributed by atoms with Gasteiger partial charge < -0.3 is 14.5 Å². The van der Waals surface area contributed by atoms with Crippen molar-refractivity contribution < 1.29 is 45.1 Å². The second-order valence-corrected chi connectivity index (χ2v) is 10.9. The minimum absolute atomic E-state index is 0.00998. The number of aryl methyl sites for hydroxylation is 1. The lowest BCUT2D eigenvalue weighted by Gasteiger charge is -2.44. The first kappa shape index (κ1) is 32.7. The Morgan fingerprint density at radius 1 is 1.00 bits per heavy atom. The number of halogens is 7. The summed E-state index contributed by atoms with van der Waals surface area (Å²) in [5.41, 5.74) is -3.68. The molecule has 0 bridgehead atoms. The molecule has 230 valence electrons. The van der Waals surface area contributed by atoms with E-state index < -0.39 is 58.8 Å². The third-order valence-electron chi connectivity index (χ3n) is 6.54. The van der Waals surface area contributed by atoms with Gasteiger partial charge in [-0.1, -0.05) is 12.1 Å². The summed E-state index contributed by atoms with van der Waals surface area (Å²) in [7, 11) is 0. The predicted octanol–water partition coefficient (Wildman–Crippen LogP) is 7.97. The smallest absolute Gasteiger partial charge is 0.416 e. The van der Waals surface area contributed by atoms with Gasteiger partial charge in [0.1, 0.15) is 11.4 Å². The van der Waals surface area contributed by atoms with Crippen molar-refractivity contribution in [1.82, 2.24) is 9.80 Å². The van der Waals surface area contributed by atoms with Crippen LogP contribution >= 0.6 is 0 Å². The normalized spacial score (nSPS) is 16.3. The number of carbonyl (C=O) groups is 2. The summed E-state index contributed by atoms with van der Waals surface area (Å²) in [6, 6.07) is 2.98. The Morgan fingerprint density at radius 3 is 2.10 bits per heavy atom. The molecule has 0 N–H and O–H groups in total. The van der Waals surface area contributed by atoms with Gasteiger partial charge in [-0.3, -0.25) is 4.90 Å². The fourth-order valence-electron chi connectivity index (χ4n) is 4.59. The summed E-state index contributed by atoms with van der Waals surface area (Å²) in [4.78, 5) is 30.4. The van der Waals surface area contributed by atoms with Gasteiger partial charge in [0.05, 0.1) is 17.2 Å². The van der Waals surface area contributed by atoms with Crippen LogP contribution in [0.2, 0.25) is 0 Å². The molecule has 0 aromatic heterocycles. The molecule has 13 heteroatoms. The number of ether oxygens (including phenoxy) is 1. The largest absolute Gasteiger partial charge is 0.444 e. The maximum Gasteiger partial charge on any atom is 0.416 e. The highest BCUT2D eigenvalue weighted by atomic mass is 19.4. The number of hydrogen-bond acceptors (Lipinski definition) is 3. The lowest BCUT2D eigenvalue weighted by atomic mass is 9.97. The Bertz CT molecular complexity index is 1290.